The number of fused-ring (bicyclic) bond motifs is 2. The molecule has 6 nitrogen and oxygen atoms in total. The van der Waals surface area contributed by atoms with E-state index < -0.39 is 15.8 Å². The number of hydrogen-bond acceptors (Lipinski definition) is 5. The maximum atomic E-state index is 13.8. The van der Waals surface area contributed by atoms with Gasteiger partial charge in [0.05, 0.1) is 0 Å². The summed E-state index contributed by atoms with van der Waals surface area (Å²) in [6.07, 6.45) is 2.33. The van der Waals surface area contributed by atoms with Gasteiger partial charge in [0.25, 0.3) is 0 Å². The molecule has 0 N–H and O–H groups in total. The topological polar surface area (TPSA) is 74.8 Å². The summed E-state index contributed by atoms with van der Waals surface area (Å²) in [5, 5.41) is 0. The minimum atomic E-state index is -4.14. The van der Waals surface area contributed by atoms with Gasteiger partial charge in [-0.05, 0) is 30.4 Å². The average molecular weight is 423 g/mol. The predicted molar refractivity (Wildman–Crippen MR) is 112 cm³/mol. The van der Waals surface area contributed by atoms with Crippen molar-refractivity contribution in [2.75, 3.05) is 19.6 Å². The van der Waals surface area contributed by atoms with Gasteiger partial charge in [-0.1, -0.05) is 48.5 Å². The largest absolute Gasteiger partial charge is 0.367 e. The molecule has 7 heteroatoms. The Hall–Kier alpha value is -2.77. The lowest BCUT2D eigenvalue weighted by molar-refractivity contribution is 0.0952. The molecule has 2 aromatic rings. The Morgan fingerprint density at radius 2 is 1.33 bits per heavy atom. The molecule has 2 heterocycles. The summed E-state index contributed by atoms with van der Waals surface area (Å²) >= 11 is 0. The molecule has 1 fully saturated rings. The first-order valence-electron chi connectivity index (χ1n) is 10.2. The number of sulfonamides is 1. The summed E-state index contributed by atoms with van der Waals surface area (Å²) in [4.78, 5) is 28.2. The number of likely N-dealkylation sites (tertiary alicyclic amines) is 1. The highest BCUT2D eigenvalue weighted by Gasteiger charge is 2.44. The first kappa shape index (κ1) is 19.2. The van der Waals surface area contributed by atoms with Crippen LogP contribution in [0.3, 0.4) is 0 Å². The van der Waals surface area contributed by atoms with Crippen LogP contribution in [-0.2, 0) is 23.0 Å². The van der Waals surface area contributed by atoms with E-state index in [0.717, 1.165) is 24.0 Å². The third kappa shape index (κ3) is 2.92. The minimum absolute atomic E-state index is 0.0510. The molecule has 0 bridgehead atoms. The van der Waals surface area contributed by atoms with Gasteiger partial charge in [-0.25, -0.2) is 8.42 Å². The van der Waals surface area contributed by atoms with Crippen LogP contribution in [0.2, 0.25) is 0 Å². The van der Waals surface area contributed by atoms with E-state index in [4.69, 9.17) is 0 Å². The average Bonchev–Trinajstić information content (AvgIpc) is 3.30. The summed E-state index contributed by atoms with van der Waals surface area (Å²) in [6, 6.07) is 14.2. The van der Waals surface area contributed by atoms with Crippen LogP contribution in [0.5, 0.6) is 0 Å². The molecule has 0 unspecified atom stereocenters. The number of allylic oxidation sites excluding steroid dienone is 2. The molecule has 154 valence electrons. The Morgan fingerprint density at radius 1 is 0.733 bits per heavy atom. The quantitative estimate of drug-likeness (QED) is 0.760. The van der Waals surface area contributed by atoms with Crippen molar-refractivity contribution in [2.24, 2.45) is 0 Å². The number of carbonyl (C=O) groups is 2. The fourth-order valence-electron chi connectivity index (χ4n) is 4.61. The number of benzene rings is 2. The van der Waals surface area contributed by atoms with Crippen LogP contribution in [0.1, 0.15) is 44.7 Å². The maximum Gasteiger partial charge on any atom is 0.249 e. The van der Waals surface area contributed by atoms with E-state index in [9.17, 15) is 18.0 Å². The van der Waals surface area contributed by atoms with Gasteiger partial charge in [-0.15, -0.1) is 0 Å². The van der Waals surface area contributed by atoms with Crippen molar-refractivity contribution in [3.05, 3.63) is 81.4 Å². The molecular formula is C23H22N2O4S. The van der Waals surface area contributed by atoms with Gasteiger partial charge < -0.3 is 4.90 Å². The number of nitrogens with zero attached hydrogens (tertiary/aromatic N) is 2. The Kier molecular flexibility index (Phi) is 4.60. The van der Waals surface area contributed by atoms with E-state index in [0.29, 0.717) is 26.1 Å². The van der Waals surface area contributed by atoms with Gasteiger partial charge in [-0.2, -0.15) is 4.31 Å². The molecule has 0 radical (unpaired) electrons. The van der Waals surface area contributed by atoms with Crippen LogP contribution in [0.25, 0.3) is 0 Å². The lowest BCUT2D eigenvalue weighted by Gasteiger charge is -2.32. The van der Waals surface area contributed by atoms with Crippen molar-refractivity contribution >= 4 is 21.6 Å². The third-order valence-electron chi connectivity index (χ3n) is 6.17. The molecule has 1 aliphatic carbocycles. The zero-order valence-corrected chi connectivity index (χ0v) is 17.3. The standard InChI is InChI=1S/C23H22N2O4S/c26-21-18-9-3-4-10-19(18)22(27)23(20(21)24-12-5-6-13-24)30(28,29)25-14-11-16-7-1-2-8-17(16)15-25/h1-4,7-10H,5-6,11-15H2. The molecule has 1 saturated heterocycles. The Labute approximate surface area is 175 Å². The third-order valence-corrected chi connectivity index (χ3v) is 8.05. The van der Waals surface area contributed by atoms with Gasteiger partial charge in [0.2, 0.25) is 21.6 Å². The number of ketones is 2. The van der Waals surface area contributed by atoms with Crippen LogP contribution in [0.4, 0.5) is 0 Å². The van der Waals surface area contributed by atoms with Gasteiger partial charge in [0.15, 0.2) is 4.91 Å². The van der Waals surface area contributed by atoms with Crippen molar-refractivity contribution < 1.29 is 18.0 Å². The van der Waals surface area contributed by atoms with E-state index in [-0.39, 0.29) is 34.1 Å². The molecule has 30 heavy (non-hydrogen) atoms. The molecule has 2 aliphatic heterocycles. The van der Waals surface area contributed by atoms with Crippen molar-refractivity contribution in [1.82, 2.24) is 9.21 Å². The number of rotatable bonds is 3. The lowest BCUT2D eigenvalue weighted by atomic mass is 9.92. The van der Waals surface area contributed by atoms with E-state index in [1.165, 1.54) is 10.4 Å². The summed E-state index contributed by atoms with van der Waals surface area (Å²) < 4.78 is 28.9. The second-order valence-electron chi connectivity index (χ2n) is 7.93. The van der Waals surface area contributed by atoms with Crippen molar-refractivity contribution in [2.45, 2.75) is 25.8 Å². The monoisotopic (exact) mass is 422 g/mol. The fraction of sp³-hybridized carbons (Fsp3) is 0.304. The summed E-state index contributed by atoms with van der Waals surface area (Å²) in [7, 11) is -4.14. The molecule has 0 saturated carbocycles. The fourth-order valence-corrected chi connectivity index (χ4v) is 6.32. The Morgan fingerprint density at radius 3 is 2.03 bits per heavy atom. The molecule has 0 atom stereocenters. The first-order valence-corrected chi connectivity index (χ1v) is 11.7. The molecule has 5 rings (SSSR count). The number of carbonyl (C=O) groups excluding carboxylic acids is 2. The molecule has 0 aromatic heterocycles. The second kappa shape index (κ2) is 7.18. The summed E-state index contributed by atoms with van der Waals surface area (Å²) in [5.41, 5.74) is 2.56. The first-order chi connectivity index (χ1) is 14.5. The highest BCUT2D eigenvalue weighted by atomic mass is 32.2. The molecular weight excluding hydrogens is 400 g/mol. The van der Waals surface area contributed by atoms with Crippen LogP contribution in [0.15, 0.2) is 59.1 Å². The predicted octanol–water partition coefficient (Wildman–Crippen LogP) is 2.76. The Balaban J connectivity index is 1.65. The van der Waals surface area contributed by atoms with Crippen LogP contribution in [-0.4, -0.2) is 48.8 Å². The Bertz CT molecular complexity index is 1190. The van der Waals surface area contributed by atoms with Crippen LogP contribution < -0.4 is 0 Å². The molecule has 2 aromatic carbocycles. The zero-order chi connectivity index (χ0) is 20.9. The van der Waals surface area contributed by atoms with E-state index in [1.54, 1.807) is 23.1 Å². The van der Waals surface area contributed by atoms with Crippen molar-refractivity contribution in [1.29, 1.82) is 0 Å². The second-order valence-corrected chi connectivity index (χ2v) is 9.81. The van der Waals surface area contributed by atoms with Crippen molar-refractivity contribution in [3.63, 3.8) is 0 Å². The highest BCUT2D eigenvalue weighted by molar-refractivity contribution is 7.94. The van der Waals surface area contributed by atoms with E-state index >= 15 is 0 Å². The van der Waals surface area contributed by atoms with Gasteiger partial charge in [0, 0.05) is 37.3 Å². The van der Waals surface area contributed by atoms with E-state index in [1.807, 2.05) is 24.3 Å². The summed E-state index contributed by atoms with van der Waals surface area (Å²) in [5.74, 6) is -0.950. The molecule has 0 amide bonds. The highest BCUT2D eigenvalue weighted by Crippen LogP contribution is 2.35. The minimum Gasteiger partial charge on any atom is -0.367 e. The smallest absolute Gasteiger partial charge is 0.249 e. The summed E-state index contributed by atoms with van der Waals surface area (Å²) in [6.45, 7) is 1.66. The molecule has 3 aliphatic rings. The maximum absolute atomic E-state index is 13.8. The number of Topliss-reactive ketones (excluding diaryl/α,β-unsaturated/α-hetero) is 2. The van der Waals surface area contributed by atoms with Crippen LogP contribution in [0, 0.1) is 0 Å². The lowest BCUT2D eigenvalue weighted by Crippen LogP contribution is -2.42. The molecule has 0 spiro atoms. The van der Waals surface area contributed by atoms with E-state index in [2.05, 4.69) is 0 Å². The van der Waals surface area contributed by atoms with Gasteiger partial charge >= 0.3 is 0 Å². The SMILES string of the molecule is O=C1C(N2CCCC2)=C(S(=O)(=O)N2CCc3ccccc3C2)C(=O)c2ccccc21. The zero-order valence-electron chi connectivity index (χ0n) is 16.5. The normalized spacial score (nSPS) is 19.8. The number of hydrogen-bond donors (Lipinski definition) is 0. The van der Waals surface area contributed by atoms with Gasteiger partial charge in [-0.3, -0.25) is 9.59 Å². The van der Waals surface area contributed by atoms with Crippen molar-refractivity contribution in [3.8, 4) is 0 Å². The van der Waals surface area contributed by atoms with Gasteiger partial charge in [0.1, 0.15) is 5.70 Å². The van der Waals surface area contributed by atoms with Crippen LogP contribution >= 0.6 is 0 Å².